The van der Waals surface area contributed by atoms with Gasteiger partial charge in [-0.3, -0.25) is 15.1 Å². The molecule has 3 heterocycles. The maximum atomic E-state index is 12.9. The Balaban J connectivity index is 1.86. The van der Waals surface area contributed by atoms with Gasteiger partial charge in [-0.05, 0) is 50.8 Å². The number of aromatic amines is 2. The van der Waals surface area contributed by atoms with Crippen LogP contribution in [0.3, 0.4) is 0 Å². The van der Waals surface area contributed by atoms with Crippen LogP contribution in [0.4, 0.5) is 0 Å². The maximum absolute atomic E-state index is 12.9. The standard InChI is InChI=1S/C25H34N6O/c1-4-5-12-22(31-15(2)8-6-9-16(31)3)17-10-7-11-20-18(17)13-19(25(32)30-20)24-28-14-21(29-24)23(26)27/h7,10-11,13-16,22H,4-6,8-9,12H2,1-3H3,(H3,26,27)(H,28,29)(H,30,32). The molecule has 1 aliphatic rings. The van der Waals surface area contributed by atoms with Crippen molar-refractivity contribution in [1.82, 2.24) is 19.9 Å². The number of rotatable bonds is 7. The van der Waals surface area contributed by atoms with Crippen molar-refractivity contribution < 1.29 is 0 Å². The second-order valence-corrected chi connectivity index (χ2v) is 9.11. The number of aromatic nitrogens is 3. The molecule has 1 aromatic carbocycles. The van der Waals surface area contributed by atoms with Gasteiger partial charge in [-0.2, -0.15) is 0 Å². The van der Waals surface area contributed by atoms with Crippen LogP contribution < -0.4 is 11.3 Å². The molecule has 7 nitrogen and oxygen atoms in total. The number of nitrogens with one attached hydrogen (secondary N) is 3. The topological polar surface area (TPSA) is 115 Å². The lowest BCUT2D eigenvalue weighted by Crippen LogP contribution is -2.46. The first-order valence-corrected chi connectivity index (χ1v) is 11.7. The van der Waals surface area contributed by atoms with E-state index < -0.39 is 0 Å². The number of imidazole rings is 1. The number of benzene rings is 1. The number of likely N-dealkylation sites (tertiary alicyclic amines) is 1. The summed E-state index contributed by atoms with van der Waals surface area (Å²) in [5.41, 5.74) is 8.34. The van der Waals surface area contributed by atoms with E-state index in [9.17, 15) is 4.79 Å². The van der Waals surface area contributed by atoms with Crippen LogP contribution in [-0.2, 0) is 0 Å². The van der Waals surface area contributed by atoms with E-state index in [1.807, 2.05) is 18.2 Å². The zero-order valence-electron chi connectivity index (χ0n) is 19.2. The van der Waals surface area contributed by atoms with Gasteiger partial charge in [-0.1, -0.05) is 38.3 Å². The van der Waals surface area contributed by atoms with E-state index in [-0.39, 0.29) is 11.4 Å². The van der Waals surface area contributed by atoms with Crippen molar-refractivity contribution in [3.8, 4) is 11.4 Å². The van der Waals surface area contributed by atoms with Crippen LogP contribution in [0.1, 0.15) is 76.6 Å². The number of nitrogens with two attached hydrogens (primary N) is 1. The van der Waals surface area contributed by atoms with E-state index in [2.05, 4.69) is 46.7 Å². The summed E-state index contributed by atoms with van der Waals surface area (Å²) in [5.74, 6) is 0.326. The van der Waals surface area contributed by atoms with Gasteiger partial charge in [0.25, 0.3) is 5.56 Å². The molecule has 32 heavy (non-hydrogen) atoms. The van der Waals surface area contributed by atoms with Crippen molar-refractivity contribution >= 4 is 16.7 Å². The highest BCUT2D eigenvalue weighted by molar-refractivity contribution is 5.93. The van der Waals surface area contributed by atoms with E-state index in [4.69, 9.17) is 11.1 Å². The van der Waals surface area contributed by atoms with E-state index >= 15 is 0 Å². The molecular formula is C25H34N6O. The minimum absolute atomic E-state index is 0.102. The van der Waals surface area contributed by atoms with Crippen LogP contribution >= 0.6 is 0 Å². The molecule has 3 atom stereocenters. The Labute approximate surface area is 189 Å². The molecule has 3 unspecified atom stereocenters. The first kappa shape index (κ1) is 22.3. The lowest BCUT2D eigenvalue weighted by molar-refractivity contribution is 0.0496. The summed E-state index contributed by atoms with van der Waals surface area (Å²) in [4.78, 5) is 25.9. The number of hydrogen-bond donors (Lipinski definition) is 4. The fourth-order valence-corrected chi connectivity index (χ4v) is 5.23. The molecule has 0 amide bonds. The summed E-state index contributed by atoms with van der Waals surface area (Å²) in [6, 6.07) is 9.53. The maximum Gasteiger partial charge on any atom is 0.259 e. The van der Waals surface area contributed by atoms with E-state index in [0.717, 1.165) is 30.2 Å². The van der Waals surface area contributed by atoms with Gasteiger partial charge in [-0.25, -0.2) is 4.98 Å². The van der Waals surface area contributed by atoms with Crippen LogP contribution in [-0.4, -0.2) is 37.8 Å². The number of fused-ring (bicyclic) bond motifs is 1. The molecule has 1 aliphatic heterocycles. The van der Waals surface area contributed by atoms with E-state index in [0.29, 0.717) is 35.2 Å². The summed E-state index contributed by atoms with van der Waals surface area (Å²) in [7, 11) is 0. The molecule has 0 aliphatic carbocycles. The molecule has 0 spiro atoms. The lowest BCUT2D eigenvalue weighted by atomic mass is 9.88. The second-order valence-electron chi connectivity index (χ2n) is 9.11. The molecule has 2 aromatic heterocycles. The SMILES string of the molecule is CCCCC(c1cccc2[nH]c(=O)c(-c3ncc(C(=N)N)[nH]3)cc12)N1C(C)CCCC1C. The van der Waals surface area contributed by atoms with Crippen LogP contribution in [0.25, 0.3) is 22.3 Å². The van der Waals surface area contributed by atoms with Gasteiger partial charge in [0, 0.05) is 29.0 Å². The highest BCUT2D eigenvalue weighted by Gasteiger charge is 2.32. The highest BCUT2D eigenvalue weighted by atomic mass is 16.1. The third-order valence-corrected chi connectivity index (χ3v) is 6.85. The fourth-order valence-electron chi connectivity index (χ4n) is 5.23. The van der Waals surface area contributed by atoms with Gasteiger partial charge < -0.3 is 15.7 Å². The monoisotopic (exact) mass is 434 g/mol. The quantitative estimate of drug-likeness (QED) is 0.319. The summed E-state index contributed by atoms with van der Waals surface area (Å²) in [6.45, 7) is 6.93. The van der Waals surface area contributed by atoms with Gasteiger partial charge in [0.2, 0.25) is 0 Å². The predicted molar refractivity (Wildman–Crippen MR) is 130 cm³/mol. The summed E-state index contributed by atoms with van der Waals surface area (Å²) in [5, 5.41) is 8.67. The molecule has 0 radical (unpaired) electrons. The summed E-state index contributed by atoms with van der Waals surface area (Å²) < 4.78 is 0. The molecule has 0 bridgehead atoms. The van der Waals surface area contributed by atoms with E-state index in [1.54, 1.807) is 0 Å². The summed E-state index contributed by atoms with van der Waals surface area (Å²) in [6.07, 6.45) is 8.62. The second kappa shape index (κ2) is 9.28. The molecule has 3 aromatic rings. The predicted octanol–water partition coefficient (Wildman–Crippen LogP) is 4.70. The molecule has 7 heteroatoms. The normalized spacial score (nSPS) is 20.5. The van der Waals surface area contributed by atoms with Gasteiger partial charge in [0.1, 0.15) is 17.4 Å². The molecular weight excluding hydrogens is 400 g/mol. The number of nitrogens with zero attached hydrogens (tertiary/aromatic N) is 2. The Morgan fingerprint density at radius 3 is 2.69 bits per heavy atom. The van der Waals surface area contributed by atoms with Gasteiger partial charge in [0.15, 0.2) is 0 Å². The van der Waals surface area contributed by atoms with E-state index in [1.165, 1.54) is 31.0 Å². The lowest BCUT2D eigenvalue weighted by Gasteiger charge is -2.45. The minimum Gasteiger partial charge on any atom is -0.382 e. The van der Waals surface area contributed by atoms with Crippen molar-refractivity contribution in [2.75, 3.05) is 0 Å². The van der Waals surface area contributed by atoms with Crippen LogP contribution in [0.5, 0.6) is 0 Å². The zero-order chi connectivity index (χ0) is 22.8. The Hall–Kier alpha value is -2.93. The van der Waals surface area contributed by atoms with Crippen molar-refractivity contribution in [2.45, 2.75) is 77.4 Å². The fraction of sp³-hybridized carbons (Fsp3) is 0.480. The number of hydrogen-bond acceptors (Lipinski definition) is 4. The smallest absolute Gasteiger partial charge is 0.259 e. The number of amidine groups is 1. The first-order chi connectivity index (χ1) is 15.4. The summed E-state index contributed by atoms with van der Waals surface area (Å²) >= 11 is 0. The zero-order valence-corrected chi connectivity index (χ0v) is 19.2. The van der Waals surface area contributed by atoms with Gasteiger partial charge in [-0.15, -0.1) is 0 Å². The van der Waals surface area contributed by atoms with Gasteiger partial charge in [0.05, 0.1) is 11.8 Å². The Morgan fingerprint density at radius 1 is 1.28 bits per heavy atom. The van der Waals surface area contributed by atoms with Crippen molar-refractivity contribution in [3.63, 3.8) is 0 Å². The van der Waals surface area contributed by atoms with Crippen molar-refractivity contribution in [2.24, 2.45) is 5.73 Å². The van der Waals surface area contributed by atoms with Gasteiger partial charge >= 0.3 is 0 Å². The van der Waals surface area contributed by atoms with Crippen LogP contribution in [0.2, 0.25) is 0 Å². The Kier molecular flexibility index (Phi) is 6.46. The number of nitrogen functional groups attached to an aromatic ring is 1. The number of piperidine rings is 1. The average Bonchev–Trinajstić information content (AvgIpc) is 3.25. The number of pyridine rings is 1. The van der Waals surface area contributed by atoms with Crippen molar-refractivity contribution in [3.05, 3.63) is 52.1 Å². The molecule has 4 rings (SSSR count). The first-order valence-electron chi connectivity index (χ1n) is 11.7. The molecule has 0 saturated carbocycles. The van der Waals surface area contributed by atoms with Crippen LogP contribution in [0, 0.1) is 5.41 Å². The molecule has 1 fully saturated rings. The average molecular weight is 435 g/mol. The third-order valence-electron chi connectivity index (χ3n) is 6.85. The largest absolute Gasteiger partial charge is 0.382 e. The number of unbranched alkanes of at least 4 members (excludes halogenated alkanes) is 1. The van der Waals surface area contributed by atoms with Crippen molar-refractivity contribution in [1.29, 1.82) is 5.41 Å². The molecule has 170 valence electrons. The van der Waals surface area contributed by atoms with Crippen LogP contribution in [0.15, 0.2) is 35.3 Å². The number of H-pyrrole nitrogens is 2. The minimum atomic E-state index is -0.205. The Bertz CT molecular complexity index is 1150. The Morgan fingerprint density at radius 2 is 2.03 bits per heavy atom. The molecule has 1 saturated heterocycles. The highest BCUT2D eigenvalue weighted by Crippen LogP contribution is 2.38. The molecule has 5 N–H and O–H groups in total. The third kappa shape index (κ3) is 4.21.